The summed E-state index contributed by atoms with van der Waals surface area (Å²) in [5.74, 6) is -5.09. The number of carbonyl (C=O) groups excluding carboxylic acids is 6. The van der Waals surface area contributed by atoms with Gasteiger partial charge in [-0.15, -0.1) is 11.3 Å². The number of anilines is 1. The molecule has 326 valence electrons. The third-order valence-electron chi connectivity index (χ3n) is 10.6. The fourth-order valence-corrected chi connectivity index (χ4v) is 7.80. The summed E-state index contributed by atoms with van der Waals surface area (Å²) in [6.45, 7) is 1.30. The van der Waals surface area contributed by atoms with Crippen LogP contribution in [0.2, 0.25) is 0 Å². The number of nitrogens with one attached hydrogen (secondary N) is 6. The molecular weight excluding hydrogens is 821 g/mol. The highest BCUT2D eigenvalue weighted by atomic mass is 32.1. The molecule has 1 aromatic heterocycles. The minimum absolute atomic E-state index is 0.00738. The van der Waals surface area contributed by atoms with Crippen molar-refractivity contribution in [2.45, 2.75) is 82.1 Å². The maximum atomic E-state index is 14.6. The zero-order valence-corrected chi connectivity index (χ0v) is 35.5. The van der Waals surface area contributed by atoms with Crippen LogP contribution in [0.15, 0.2) is 127 Å². The van der Waals surface area contributed by atoms with Gasteiger partial charge in [-0.1, -0.05) is 103 Å². The molecule has 4 aromatic carbocycles. The second kappa shape index (κ2) is 22.1. The van der Waals surface area contributed by atoms with Crippen molar-refractivity contribution in [3.8, 4) is 11.1 Å². The Morgan fingerprint density at radius 3 is 1.90 bits per heavy atom. The number of amides is 6. The molecule has 0 saturated carbocycles. The zero-order chi connectivity index (χ0) is 44.7. The number of aliphatic carboxylic acids is 1. The maximum absolute atomic E-state index is 14.6. The Morgan fingerprint density at radius 1 is 0.651 bits per heavy atom. The summed E-state index contributed by atoms with van der Waals surface area (Å²) in [5.41, 5.74) is 4.51. The van der Waals surface area contributed by atoms with Gasteiger partial charge < -0.3 is 37.0 Å². The highest BCUT2D eigenvalue weighted by Crippen LogP contribution is 2.21. The highest BCUT2D eigenvalue weighted by molar-refractivity contribution is 7.09. The van der Waals surface area contributed by atoms with Crippen LogP contribution in [0.3, 0.4) is 0 Å². The fourth-order valence-electron chi connectivity index (χ4n) is 7.05. The number of fused-ring (bicyclic) bond motifs is 18. The van der Waals surface area contributed by atoms with Crippen LogP contribution in [0.25, 0.3) is 11.1 Å². The average molecular weight is 871 g/mol. The molecule has 0 saturated heterocycles. The molecule has 5 aromatic rings. The van der Waals surface area contributed by atoms with Gasteiger partial charge in [0.05, 0.1) is 0 Å². The summed E-state index contributed by atoms with van der Waals surface area (Å²) in [5, 5.41) is 27.8. The van der Waals surface area contributed by atoms with Gasteiger partial charge >= 0.3 is 5.97 Å². The Morgan fingerprint density at radius 2 is 1.25 bits per heavy atom. The largest absolute Gasteiger partial charge is 0.480 e. The molecule has 0 fully saturated rings. The van der Waals surface area contributed by atoms with Gasteiger partial charge in [-0.3, -0.25) is 33.6 Å². The third kappa shape index (κ3) is 13.7. The Hall–Kier alpha value is -7.13. The predicted octanol–water partition coefficient (Wildman–Crippen LogP) is 4.34. The average Bonchev–Trinajstić information content (AvgIpc) is 3.80. The first kappa shape index (κ1) is 45.4. The van der Waals surface area contributed by atoms with Crippen molar-refractivity contribution in [3.05, 3.63) is 148 Å². The van der Waals surface area contributed by atoms with E-state index in [-0.39, 0.29) is 38.5 Å². The molecule has 2 bridgehead atoms. The molecule has 15 heteroatoms. The van der Waals surface area contributed by atoms with Crippen molar-refractivity contribution in [2.24, 2.45) is 0 Å². The molecule has 2 aliphatic rings. The van der Waals surface area contributed by atoms with Crippen LogP contribution in [-0.2, 0) is 59.2 Å². The molecule has 6 amide bonds. The Balaban J connectivity index is 1.36. The summed E-state index contributed by atoms with van der Waals surface area (Å²) in [6, 6.07) is 30.6. The van der Waals surface area contributed by atoms with E-state index in [0.717, 1.165) is 21.6 Å². The van der Waals surface area contributed by atoms with Crippen LogP contribution in [0.1, 0.15) is 47.8 Å². The summed E-state index contributed by atoms with van der Waals surface area (Å²) in [7, 11) is 0. The van der Waals surface area contributed by atoms with E-state index in [0.29, 0.717) is 23.2 Å². The standard InChI is InChI=1S/C48H50N6O8S/c1-30(48(61)62)49-45(58)39-28-33-16-21-36(22-17-33)50-42(55)24-25-43(56)51-41(29-37-13-8-26-63-37)47(60)54-40(27-32-14-19-35(20-15-32)34-11-6-3-7-12-34)46(59)52-38(44(57)53-39)23-18-31-9-4-2-5-10-31/h2-17,19-22,26,30,38-41H,18,23-25,27-29H2,1H3,(H,49,58)(H,50,55)(H,51,56)(H,52,59)(H,53,57)(H,54,60)(H,61,62)/t30-,38+,39-,40-,41+/m0/s1. The van der Waals surface area contributed by atoms with E-state index in [2.05, 4.69) is 31.9 Å². The first-order valence-corrected chi connectivity index (χ1v) is 21.6. The molecule has 7 rings (SSSR count). The monoisotopic (exact) mass is 870 g/mol. The molecule has 0 unspecified atom stereocenters. The number of carboxylic acid groups (broad SMARTS) is 1. The summed E-state index contributed by atoms with van der Waals surface area (Å²) >= 11 is 1.40. The lowest BCUT2D eigenvalue weighted by molar-refractivity contribution is -0.141. The minimum atomic E-state index is -1.28. The van der Waals surface area contributed by atoms with E-state index in [9.17, 15) is 38.7 Å². The van der Waals surface area contributed by atoms with Crippen molar-refractivity contribution < 1.29 is 38.7 Å². The lowest BCUT2D eigenvalue weighted by Gasteiger charge is -2.27. The van der Waals surface area contributed by atoms with E-state index in [1.165, 1.54) is 18.3 Å². The second-order valence-electron chi connectivity index (χ2n) is 15.4. The van der Waals surface area contributed by atoms with Crippen molar-refractivity contribution >= 4 is 58.4 Å². The number of hydrogen-bond donors (Lipinski definition) is 7. The summed E-state index contributed by atoms with van der Waals surface area (Å²) < 4.78 is 0. The van der Waals surface area contributed by atoms with E-state index < -0.39 is 71.6 Å². The molecule has 7 N–H and O–H groups in total. The van der Waals surface area contributed by atoms with E-state index in [1.54, 1.807) is 24.3 Å². The van der Waals surface area contributed by atoms with Gasteiger partial charge in [0, 0.05) is 42.7 Å². The SMILES string of the molecule is C[C@H](NC(=O)[C@@H]1Cc2ccc(cc2)NC(=O)CCC(=O)N[C@H](Cc2cccs2)C(=O)N[C@@H](Cc2ccc(-c3ccccc3)cc2)C(=O)N[C@H](CCc2ccccc2)C(=O)N1)C(=O)O. The minimum Gasteiger partial charge on any atom is -0.480 e. The van der Waals surface area contributed by atoms with Crippen LogP contribution < -0.4 is 31.9 Å². The molecule has 0 radical (unpaired) electrons. The molecule has 14 nitrogen and oxygen atoms in total. The lowest BCUT2D eigenvalue weighted by atomic mass is 9.99. The highest BCUT2D eigenvalue weighted by Gasteiger charge is 2.33. The van der Waals surface area contributed by atoms with Gasteiger partial charge in [0.15, 0.2) is 0 Å². The smallest absolute Gasteiger partial charge is 0.325 e. The number of hydrogen-bond acceptors (Lipinski definition) is 8. The van der Waals surface area contributed by atoms with Crippen LogP contribution >= 0.6 is 11.3 Å². The van der Waals surface area contributed by atoms with Crippen molar-refractivity contribution in [1.82, 2.24) is 26.6 Å². The number of benzene rings is 4. The van der Waals surface area contributed by atoms with E-state index >= 15 is 0 Å². The Labute approximate surface area is 369 Å². The molecule has 63 heavy (non-hydrogen) atoms. The normalized spacial score (nSPS) is 19.5. The molecule has 2 aliphatic heterocycles. The number of rotatable bonds is 11. The predicted molar refractivity (Wildman–Crippen MR) is 239 cm³/mol. The fraction of sp³-hybridized carbons (Fsp3) is 0.271. The van der Waals surface area contributed by atoms with Crippen LogP contribution in [0, 0.1) is 0 Å². The molecule has 3 heterocycles. The van der Waals surface area contributed by atoms with Gasteiger partial charge in [0.2, 0.25) is 35.4 Å². The van der Waals surface area contributed by atoms with Crippen LogP contribution in [-0.4, -0.2) is 76.7 Å². The second-order valence-corrected chi connectivity index (χ2v) is 16.4. The van der Waals surface area contributed by atoms with Crippen LogP contribution in [0.5, 0.6) is 0 Å². The third-order valence-corrected chi connectivity index (χ3v) is 11.5. The van der Waals surface area contributed by atoms with Crippen molar-refractivity contribution in [3.63, 3.8) is 0 Å². The molecule has 0 aliphatic carbocycles. The van der Waals surface area contributed by atoms with Crippen molar-refractivity contribution in [2.75, 3.05) is 5.32 Å². The van der Waals surface area contributed by atoms with Crippen LogP contribution in [0.4, 0.5) is 5.69 Å². The van der Waals surface area contributed by atoms with E-state index in [1.807, 2.05) is 102 Å². The van der Waals surface area contributed by atoms with Gasteiger partial charge in [0.25, 0.3) is 0 Å². The topological polar surface area (TPSA) is 212 Å². The van der Waals surface area contributed by atoms with Gasteiger partial charge in [-0.05, 0) is 71.2 Å². The summed E-state index contributed by atoms with van der Waals surface area (Å²) in [6.07, 6.45) is 0.0868. The van der Waals surface area contributed by atoms with Gasteiger partial charge in [-0.2, -0.15) is 0 Å². The van der Waals surface area contributed by atoms with Gasteiger partial charge in [-0.25, -0.2) is 0 Å². The molecular formula is C48H50N6O8S. The Kier molecular flexibility index (Phi) is 15.9. The first-order chi connectivity index (χ1) is 30.4. The summed E-state index contributed by atoms with van der Waals surface area (Å²) in [4.78, 5) is 95.7. The quantitative estimate of drug-likeness (QED) is 0.0948. The number of carboxylic acids is 1. The molecule has 0 spiro atoms. The van der Waals surface area contributed by atoms with E-state index in [4.69, 9.17) is 0 Å². The number of thiophene rings is 1. The lowest BCUT2D eigenvalue weighted by Crippen LogP contribution is -2.59. The number of aryl methyl sites for hydroxylation is 1. The molecule has 5 atom stereocenters. The van der Waals surface area contributed by atoms with Gasteiger partial charge in [0.1, 0.15) is 30.2 Å². The number of carbonyl (C=O) groups is 7. The van der Waals surface area contributed by atoms with Crippen molar-refractivity contribution in [1.29, 1.82) is 0 Å². The maximum Gasteiger partial charge on any atom is 0.325 e. The zero-order valence-electron chi connectivity index (χ0n) is 34.7. The first-order valence-electron chi connectivity index (χ1n) is 20.7. The Bertz CT molecular complexity index is 2360.